The zero-order valence-electron chi connectivity index (χ0n) is 14.0. The molecular formula is C19H23NO4. The normalized spacial score (nSPS) is 17.7. The summed E-state index contributed by atoms with van der Waals surface area (Å²) in [6.07, 6.45) is 9.54. The van der Waals surface area contributed by atoms with Crippen LogP contribution in [-0.4, -0.2) is 24.1 Å². The second-order valence-corrected chi connectivity index (χ2v) is 6.31. The summed E-state index contributed by atoms with van der Waals surface area (Å²) in [5.41, 5.74) is 1.31. The smallest absolute Gasteiger partial charge is 0.315 e. The van der Waals surface area contributed by atoms with Gasteiger partial charge in [0.2, 0.25) is 5.91 Å². The Kier molecular flexibility index (Phi) is 4.88. The van der Waals surface area contributed by atoms with E-state index in [2.05, 4.69) is 11.4 Å². The summed E-state index contributed by atoms with van der Waals surface area (Å²) in [6, 6.07) is 5.60. The van der Waals surface area contributed by atoms with E-state index in [-0.39, 0.29) is 24.5 Å². The first kappa shape index (κ1) is 16.6. The molecule has 2 aliphatic rings. The number of ether oxygens (including phenoxy) is 2. The van der Waals surface area contributed by atoms with Gasteiger partial charge in [-0.3, -0.25) is 9.59 Å². The van der Waals surface area contributed by atoms with Crippen LogP contribution in [0, 0.1) is 0 Å². The second kappa shape index (κ2) is 7.07. The molecular weight excluding hydrogens is 306 g/mol. The Labute approximate surface area is 142 Å². The van der Waals surface area contributed by atoms with Gasteiger partial charge in [-0.15, -0.1) is 0 Å². The van der Waals surface area contributed by atoms with Crippen LogP contribution in [0.5, 0.6) is 5.75 Å². The highest BCUT2D eigenvalue weighted by atomic mass is 16.5. The number of fused-ring (bicyclic) bond motifs is 1. The predicted molar refractivity (Wildman–Crippen MR) is 91.8 cm³/mol. The zero-order chi connectivity index (χ0) is 17.0. The van der Waals surface area contributed by atoms with Gasteiger partial charge in [0.1, 0.15) is 17.8 Å². The highest BCUT2D eigenvalue weighted by molar-refractivity contribution is 6.03. The number of carbonyl (C=O) groups excluding carboxylic acids is 2. The van der Waals surface area contributed by atoms with Gasteiger partial charge in [-0.2, -0.15) is 0 Å². The van der Waals surface area contributed by atoms with E-state index >= 15 is 0 Å². The molecule has 1 aromatic rings. The topological polar surface area (TPSA) is 64.6 Å². The number of hydrogen-bond acceptors (Lipinski definition) is 4. The molecule has 5 nitrogen and oxygen atoms in total. The lowest BCUT2D eigenvalue weighted by molar-refractivity contribution is -0.145. The highest BCUT2D eigenvalue weighted by Gasteiger charge is 2.34. The van der Waals surface area contributed by atoms with Gasteiger partial charge >= 0.3 is 5.97 Å². The molecule has 0 radical (unpaired) electrons. The molecule has 1 N–H and O–H groups in total. The van der Waals surface area contributed by atoms with Gasteiger partial charge in [-0.25, -0.2) is 0 Å². The molecule has 1 fully saturated rings. The van der Waals surface area contributed by atoms with Crippen LogP contribution < -0.4 is 10.1 Å². The van der Waals surface area contributed by atoms with Crippen molar-refractivity contribution in [2.24, 2.45) is 0 Å². The summed E-state index contributed by atoms with van der Waals surface area (Å²) in [6.45, 7) is 1.98. The van der Waals surface area contributed by atoms with Crippen molar-refractivity contribution in [1.82, 2.24) is 0 Å². The molecule has 24 heavy (non-hydrogen) atoms. The lowest BCUT2D eigenvalue weighted by Crippen LogP contribution is -2.37. The van der Waals surface area contributed by atoms with E-state index in [1.54, 1.807) is 6.92 Å². The van der Waals surface area contributed by atoms with Crippen molar-refractivity contribution >= 4 is 23.6 Å². The SMILES string of the molecule is CCOC(=O)CC(=O)Nc1cccc2c1C=CC1(CCCCC1)O2. The number of benzene rings is 1. The average Bonchev–Trinajstić information content (AvgIpc) is 2.55. The van der Waals surface area contributed by atoms with Crippen molar-refractivity contribution < 1.29 is 19.1 Å². The molecule has 1 aliphatic heterocycles. The van der Waals surface area contributed by atoms with Crippen molar-refractivity contribution in [1.29, 1.82) is 0 Å². The van der Waals surface area contributed by atoms with Crippen LogP contribution in [0.15, 0.2) is 24.3 Å². The van der Waals surface area contributed by atoms with E-state index in [1.807, 2.05) is 24.3 Å². The molecule has 1 spiro atoms. The fourth-order valence-corrected chi connectivity index (χ4v) is 3.36. The summed E-state index contributed by atoms with van der Waals surface area (Å²) >= 11 is 0. The molecule has 1 amide bonds. The van der Waals surface area contributed by atoms with Crippen LogP contribution in [-0.2, 0) is 14.3 Å². The molecule has 0 saturated heterocycles. The van der Waals surface area contributed by atoms with E-state index in [0.29, 0.717) is 5.69 Å². The van der Waals surface area contributed by atoms with Crippen molar-refractivity contribution in [3.05, 3.63) is 29.8 Å². The fourth-order valence-electron chi connectivity index (χ4n) is 3.36. The predicted octanol–water partition coefficient (Wildman–Crippen LogP) is 3.69. The zero-order valence-corrected chi connectivity index (χ0v) is 14.0. The van der Waals surface area contributed by atoms with Crippen LogP contribution in [0.1, 0.15) is 51.0 Å². The molecule has 0 atom stereocenters. The summed E-state index contributed by atoms with van der Waals surface area (Å²) in [4.78, 5) is 23.4. The maximum atomic E-state index is 12.0. The van der Waals surface area contributed by atoms with Gasteiger partial charge in [-0.1, -0.05) is 12.5 Å². The minimum absolute atomic E-state index is 0.196. The molecule has 1 aliphatic carbocycles. The minimum Gasteiger partial charge on any atom is -0.482 e. The number of amides is 1. The standard InChI is InChI=1S/C19H23NO4/c1-2-23-18(22)13-17(21)20-15-7-6-8-16-14(15)9-12-19(24-16)10-4-3-5-11-19/h6-9,12H,2-5,10-11,13H2,1H3,(H,20,21). The molecule has 5 heteroatoms. The summed E-state index contributed by atoms with van der Waals surface area (Å²) in [5, 5.41) is 2.78. The maximum Gasteiger partial charge on any atom is 0.315 e. The molecule has 1 heterocycles. The van der Waals surface area contributed by atoms with Crippen LogP contribution in [0.3, 0.4) is 0 Å². The third-order valence-corrected chi connectivity index (χ3v) is 4.52. The number of rotatable bonds is 4. The number of carbonyl (C=O) groups is 2. The van der Waals surface area contributed by atoms with Gasteiger partial charge in [-0.05, 0) is 56.9 Å². The summed E-state index contributed by atoms with van der Waals surface area (Å²) in [5.74, 6) is -0.116. The highest BCUT2D eigenvalue weighted by Crippen LogP contribution is 2.41. The minimum atomic E-state index is -0.521. The summed E-state index contributed by atoms with van der Waals surface area (Å²) < 4.78 is 11.1. The first-order chi connectivity index (χ1) is 11.6. The van der Waals surface area contributed by atoms with Crippen molar-refractivity contribution in [2.45, 2.75) is 51.0 Å². The van der Waals surface area contributed by atoms with Crippen molar-refractivity contribution in [3.8, 4) is 5.75 Å². The van der Waals surface area contributed by atoms with Gasteiger partial charge in [0.05, 0.1) is 12.3 Å². The molecule has 1 saturated carbocycles. The van der Waals surface area contributed by atoms with Crippen LogP contribution in [0.25, 0.3) is 6.08 Å². The maximum absolute atomic E-state index is 12.0. The Morgan fingerprint density at radius 1 is 1.25 bits per heavy atom. The molecule has 128 valence electrons. The Balaban J connectivity index is 1.73. The molecule has 1 aromatic carbocycles. The number of esters is 1. The van der Waals surface area contributed by atoms with E-state index < -0.39 is 5.97 Å². The van der Waals surface area contributed by atoms with E-state index in [1.165, 1.54) is 19.3 Å². The Bertz CT molecular complexity index is 659. The number of hydrogen-bond donors (Lipinski definition) is 1. The average molecular weight is 329 g/mol. The quantitative estimate of drug-likeness (QED) is 0.676. The Hall–Kier alpha value is -2.30. The van der Waals surface area contributed by atoms with Crippen LogP contribution in [0.2, 0.25) is 0 Å². The van der Waals surface area contributed by atoms with E-state index in [9.17, 15) is 9.59 Å². The lowest BCUT2D eigenvalue weighted by atomic mass is 9.82. The van der Waals surface area contributed by atoms with Crippen LogP contribution in [0.4, 0.5) is 5.69 Å². The first-order valence-corrected chi connectivity index (χ1v) is 8.59. The lowest BCUT2D eigenvalue weighted by Gasteiger charge is -2.38. The Morgan fingerprint density at radius 3 is 2.79 bits per heavy atom. The van der Waals surface area contributed by atoms with Crippen molar-refractivity contribution in [3.63, 3.8) is 0 Å². The third-order valence-electron chi connectivity index (χ3n) is 4.52. The van der Waals surface area contributed by atoms with Gasteiger partial charge in [0, 0.05) is 5.56 Å². The monoisotopic (exact) mass is 329 g/mol. The van der Waals surface area contributed by atoms with Gasteiger partial charge < -0.3 is 14.8 Å². The fraction of sp³-hybridized carbons (Fsp3) is 0.474. The van der Waals surface area contributed by atoms with Crippen LogP contribution >= 0.6 is 0 Å². The molecule has 0 bridgehead atoms. The summed E-state index contributed by atoms with van der Waals surface area (Å²) in [7, 11) is 0. The first-order valence-electron chi connectivity index (χ1n) is 8.59. The molecule has 3 rings (SSSR count). The van der Waals surface area contributed by atoms with Crippen molar-refractivity contribution in [2.75, 3.05) is 11.9 Å². The third kappa shape index (κ3) is 3.61. The van der Waals surface area contributed by atoms with E-state index in [4.69, 9.17) is 9.47 Å². The molecule has 0 unspecified atom stereocenters. The number of anilines is 1. The Morgan fingerprint density at radius 2 is 2.04 bits per heavy atom. The number of nitrogens with one attached hydrogen (secondary N) is 1. The van der Waals surface area contributed by atoms with Gasteiger partial charge in [0.15, 0.2) is 0 Å². The second-order valence-electron chi connectivity index (χ2n) is 6.31. The van der Waals surface area contributed by atoms with E-state index in [0.717, 1.165) is 24.2 Å². The largest absolute Gasteiger partial charge is 0.482 e. The van der Waals surface area contributed by atoms with Gasteiger partial charge in [0.25, 0.3) is 0 Å². The molecule has 0 aromatic heterocycles.